The van der Waals surface area contributed by atoms with E-state index in [0.29, 0.717) is 5.75 Å². The number of hydrogen-bond donors (Lipinski definition) is 1. The van der Waals surface area contributed by atoms with Crippen molar-refractivity contribution in [1.82, 2.24) is 0 Å². The third kappa shape index (κ3) is 1.58. The fraction of sp³-hybridized carbons (Fsp3) is 0.125. The Kier molecular flexibility index (Phi) is 2.38. The SMILES string of the molecule is [B]c1ccc(OC)cc1C(=O)O. The van der Waals surface area contributed by atoms with Crippen LogP contribution >= 0.6 is 0 Å². The third-order valence-electron chi connectivity index (χ3n) is 1.49. The maximum Gasteiger partial charge on any atom is 0.335 e. The van der Waals surface area contributed by atoms with E-state index in [2.05, 4.69) is 0 Å². The van der Waals surface area contributed by atoms with E-state index < -0.39 is 5.97 Å². The molecular formula is C8H7BO3. The van der Waals surface area contributed by atoms with Gasteiger partial charge in [-0.3, -0.25) is 0 Å². The quantitative estimate of drug-likeness (QED) is 0.631. The summed E-state index contributed by atoms with van der Waals surface area (Å²) in [5.41, 5.74) is 0.303. The molecule has 1 rings (SSSR count). The van der Waals surface area contributed by atoms with Crippen LogP contribution in [0.4, 0.5) is 0 Å². The number of hydrogen-bond acceptors (Lipinski definition) is 2. The van der Waals surface area contributed by atoms with Crippen LogP contribution in [0.2, 0.25) is 0 Å². The smallest absolute Gasteiger partial charge is 0.335 e. The highest BCUT2D eigenvalue weighted by molar-refractivity contribution is 6.36. The number of ether oxygens (including phenoxy) is 1. The predicted molar refractivity (Wildman–Crippen MR) is 45.3 cm³/mol. The highest BCUT2D eigenvalue weighted by Gasteiger charge is 2.06. The van der Waals surface area contributed by atoms with Gasteiger partial charge in [0.05, 0.1) is 12.7 Å². The standard InChI is InChI=1S/C8H7BO3/c1-12-5-2-3-7(9)6(4-5)8(10)11/h2-4H,1H3,(H,10,11). The van der Waals surface area contributed by atoms with E-state index in [1.54, 1.807) is 6.07 Å². The minimum Gasteiger partial charge on any atom is -0.497 e. The second kappa shape index (κ2) is 3.30. The fourth-order valence-electron chi connectivity index (χ4n) is 0.848. The van der Waals surface area contributed by atoms with Crippen LogP contribution < -0.4 is 10.2 Å². The van der Waals surface area contributed by atoms with Crippen LogP contribution in [0, 0.1) is 0 Å². The molecule has 60 valence electrons. The largest absolute Gasteiger partial charge is 0.497 e. The normalized spacial score (nSPS) is 9.42. The molecule has 1 N–H and O–H groups in total. The van der Waals surface area contributed by atoms with Gasteiger partial charge in [-0.15, -0.1) is 0 Å². The topological polar surface area (TPSA) is 46.5 Å². The molecule has 0 spiro atoms. The Labute approximate surface area is 71.4 Å². The van der Waals surface area contributed by atoms with Gasteiger partial charge in [-0.2, -0.15) is 0 Å². The molecule has 12 heavy (non-hydrogen) atoms. The number of methoxy groups -OCH3 is 1. The van der Waals surface area contributed by atoms with Gasteiger partial charge >= 0.3 is 5.97 Å². The van der Waals surface area contributed by atoms with Crippen LogP contribution in [0.25, 0.3) is 0 Å². The van der Waals surface area contributed by atoms with Crippen molar-refractivity contribution in [2.45, 2.75) is 0 Å². The Morgan fingerprint density at radius 3 is 2.75 bits per heavy atom. The molecule has 1 aromatic rings. The van der Waals surface area contributed by atoms with Crippen molar-refractivity contribution in [2.24, 2.45) is 0 Å². The lowest BCUT2D eigenvalue weighted by Crippen LogP contribution is -2.15. The maximum atomic E-state index is 10.6. The fourth-order valence-corrected chi connectivity index (χ4v) is 0.848. The van der Waals surface area contributed by atoms with E-state index in [-0.39, 0.29) is 11.0 Å². The van der Waals surface area contributed by atoms with Gasteiger partial charge in [0.1, 0.15) is 13.6 Å². The summed E-state index contributed by atoms with van der Waals surface area (Å²) in [4.78, 5) is 10.6. The number of carboxylic acids is 1. The average Bonchev–Trinajstić information content (AvgIpc) is 2.05. The number of benzene rings is 1. The lowest BCUT2D eigenvalue weighted by Gasteiger charge is -2.03. The van der Waals surface area contributed by atoms with E-state index in [0.717, 1.165) is 0 Å². The summed E-state index contributed by atoms with van der Waals surface area (Å²) >= 11 is 0. The molecule has 0 heterocycles. The first-order chi connectivity index (χ1) is 5.65. The van der Waals surface area contributed by atoms with Gasteiger partial charge in [-0.1, -0.05) is 11.5 Å². The number of carbonyl (C=O) groups is 1. The van der Waals surface area contributed by atoms with Crippen LogP contribution in [0.5, 0.6) is 5.75 Å². The van der Waals surface area contributed by atoms with Crippen molar-refractivity contribution in [2.75, 3.05) is 7.11 Å². The zero-order chi connectivity index (χ0) is 9.14. The molecule has 0 atom stereocenters. The van der Waals surface area contributed by atoms with Gasteiger partial charge in [0, 0.05) is 0 Å². The summed E-state index contributed by atoms with van der Waals surface area (Å²) in [5.74, 6) is -0.562. The van der Waals surface area contributed by atoms with Gasteiger partial charge in [-0.05, 0) is 12.1 Å². The van der Waals surface area contributed by atoms with Gasteiger partial charge in [-0.25, -0.2) is 4.79 Å². The highest BCUT2D eigenvalue weighted by Crippen LogP contribution is 2.09. The molecule has 0 saturated heterocycles. The maximum absolute atomic E-state index is 10.6. The molecule has 2 radical (unpaired) electrons. The molecule has 0 saturated carbocycles. The molecule has 0 aliphatic rings. The Morgan fingerprint density at radius 1 is 1.58 bits per heavy atom. The Bertz CT molecular complexity index is 309. The minimum absolute atomic E-state index is 0.0642. The molecule has 0 amide bonds. The first kappa shape index (κ1) is 8.65. The number of aromatic carboxylic acids is 1. The number of rotatable bonds is 2. The summed E-state index contributed by atoms with van der Waals surface area (Å²) in [6.07, 6.45) is 0. The predicted octanol–water partition coefficient (Wildman–Crippen LogP) is 0.187. The van der Waals surface area contributed by atoms with Crippen LogP contribution in [-0.4, -0.2) is 26.0 Å². The molecule has 0 bridgehead atoms. The van der Waals surface area contributed by atoms with Crippen LogP contribution in [0.15, 0.2) is 18.2 Å². The van der Waals surface area contributed by atoms with Crippen LogP contribution in [0.3, 0.4) is 0 Å². The molecule has 1 aromatic carbocycles. The zero-order valence-electron chi connectivity index (χ0n) is 6.57. The van der Waals surface area contributed by atoms with Gasteiger partial charge in [0.25, 0.3) is 0 Å². The van der Waals surface area contributed by atoms with E-state index >= 15 is 0 Å². The first-order valence-electron chi connectivity index (χ1n) is 3.32. The van der Waals surface area contributed by atoms with Gasteiger partial charge < -0.3 is 9.84 Å². The number of carboxylic acid groups (broad SMARTS) is 1. The summed E-state index contributed by atoms with van der Waals surface area (Å²) in [5, 5.41) is 8.65. The van der Waals surface area contributed by atoms with E-state index in [1.807, 2.05) is 0 Å². The van der Waals surface area contributed by atoms with Crippen molar-refractivity contribution in [3.05, 3.63) is 23.8 Å². The molecule has 0 aromatic heterocycles. The summed E-state index contributed by atoms with van der Waals surface area (Å²) in [6, 6.07) is 4.50. The molecule has 4 heteroatoms. The van der Waals surface area contributed by atoms with Crippen molar-refractivity contribution >= 4 is 19.3 Å². The third-order valence-corrected chi connectivity index (χ3v) is 1.49. The second-order valence-electron chi connectivity index (χ2n) is 2.26. The molecule has 0 aliphatic heterocycles. The molecular weight excluding hydrogens is 155 g/mol. The first-order valence-corrected chi connectivity index (χ1v) is 3.32. The zero-order valence-corrected chi connectivity index (χ0v) is 6.57. The van der Waals surface area contributed by atoms with Gasteiger partial charge in [0.2, 0.25) is 0 Å². The lowest BCUT2D eigenvalue weighted by molar-refractivity contribution is 0.0698. The summed E-state index contributed by atoms with van der Waals surface area (Å²) < 4.78 is 4.84. The van der Waals surface area contributed by atoms with Crippen molar-refractivity contribution in [3.63, 3.8) is 0 Å². The monoisotopic (exact) mass is 162 g/mol. The van der Waals surface area contributed by atoms with E-state index in [4.69, 9.17) is 17.7 Å². The van der Waals surface area contributed by atoms with Crippen LogP contribution in [0.1, 0.15) is 10.4 Å². The molecule has 0 aliphatic carbocycles. The summed E-state index contributed by atoms with van der Waals surface area (Å²) in [6.45, 7) is 0. The Morgan fingerprint density at radius 2 is 2.25 bits per heavy atom. The molecule has 3 nitrogen and oxygen atoms in total. The Balaban J connectivity index is 3.17. The second-order valence-corrected chi connectivity index (χ2v) is 2.26. The van der Waals surface area contributed by atoms with Crippen molar-refractivity contribution in [1.29, 1.82) is 0 Å². The van der Waals surface area contributed by atoms with E-state index in [9.17, 15) is 4.79 Å². The lowest BCUT2D eigenvalue weighted by atomic mass is 9.90. The molecule has 0 fully saturated rings. The van der Waals surface area contributed by atoms with E-state index in [1.165, 1.54) is 19.2 Å². The van der Waals surface area contributed by atoms with Crippen molar-refractivity contribution < 1.29 is 14.6 Å². The Hall–Kier alpha value is -1.45. The minimum atomic E-state index is -1.05. The van der Waals surface area contributed by atoms with Crippen LogP contribution in [-0.2, 0) is 0 Å². The molecule has 0 unspecified atom stereocenters. The average molecular weight is 162 g/mol. The highest BCUT2D eigenvalue weighted by atomic mass is 16.5. The van der Waals surface area contributed by atoms with Gasteiger partial charge in [0.15, 0.2) is 0 Å². The van der Waals surface area contributed by atoms with Crippen molar-refractivity contribution in [3.8, 4) is 5.75 Å². The summed E-state index contributed by atoms with van der Waals surface area (Å²) in [7, 11) is 6.88.